The van der Waals surface area contributed by atoms with E-state index in [4.69, 9.17) is 9.26 Å². The van der Waals surface area contributed by atoms with Gasteiger partial charge in [-0.1, -0.05) is 49.8 Å². The summed E-state index contributed by atoms with van der Waals surface area (Å²) >= 11 is 1.43. The van der Waals surface area contributed by atoms with Crippen molar-refractivity contribution in [1.29, 1.82) is 0 Å². The summed E-state index contributed by atoms with van der Waals surface area (Å²) in [7, 11) is 1.61. The van der Waals surface area contributed by atoms with Crippen molar-refractivity contribution in [2.24, 2.45) is 0 Å². The molecule has 0 bridgehead atoms. The summed E-state index contributed by atoms with van der Waals surface area (Å²) in [6, 6.07) is 7.56. The van der Waals surface area contributed by atoms with E-state index in [2.05, 4.69) is 25.7 Å². The first-order valence-electron chi connectivity index (χ1n) is 7.36. The lowest BCUT2D eigenvalue weighted by Crippen LogP contribution is -2.11. The van der Waals surface area contributed by atoms with E-state index in [1.54, 1.807) is 11.8 Å². The van der Waals surface area contributed by atoms with E-state index < -0.39 is 0 Å². The molecule has 0 spiro atoms. The van der Waals surface area contributed by atoms with Crippen molar-refractivity contribution in [3.05, 3.63) is 36.0 Å². The molecule has 0 amide bonds. The van der Waals surface area contributed by atoms with Crippen LogP contribution in [0.5, 0.6) is 5.75 Å². The predicted octanol–water partition coefficient (Wildman–Crippen LogP) is 2.64. The summed E-state index contributed by atoms with van der Waals surface area (Å²) in [6.45, 7) is 6.08. The fraction of sp³-hybridized carbons (Fsp3) is 0.400. The number of aromatic nitrogens is 6. The molecule has 0 saturated heterocycles. The molecule has 3 aromatic rings. The van der Waals surface area contributed by atoms with Gasteiger partial charge in [-0.2, -0.15) is 9.67 Å². The summed E-state index contributed by atoms with van der Waals surface area (Å²) < 4.78 is 12.3. The van der Waals surface area contributed by atoms with E-state index in [-0.39, 0.29) is 5.41 Å². The van der Waals surface area contributed by atoms with Gasteiger partial charge in [0.15, 0.2) is 5.82 Å². The SMILES string of the molecule is COc1ccccc1-n1nnnc1SCc1noc(C(C)(C)C)n1. The number of para-hydroxylation sites is 2. The summed E-state index contributed by atoms with van der Waals surface area (Å²) in [6.07, 6.45) is 0. The van der Waals surface area contributed by atoms with Gasteiger partial charge in [0, 0.05) is 5.41 Å². The Hall–Kier alpha value is -2.42. The Bertz CT molecular complexity index is 823. The summed E-state index contributed by atoms with van der Waals surface area (Å²) in [5.74, 6) is 2.43. The van der Waals surface area contributed by atoms with Crippen LogP contribution in [0.3, 0.4) is 0 Å². The van der Waals surface area contributed by atoms with Crippen LogP contribution < -0.4 is 4.74 Å². The molecule has 126 valence electrons. The Labute approximate surface area is 143 Å². The zero-order valence-corrected chi connectivity index (χ0v) is 14.7. The Balaban J connectivity index is 1.78. The zero-order chi connectivity index (χ0) is 17.2. The van der Waals surface area contributed by atoms with Gasteiger partial charge in [-0.15, -0.1) is 5.10 Å². The Kier molecular flexibility index (Phi) is 4.52. The smallest absolute Gasteiger partial charge is 0.232 e. The number of thioether (sulfide) groups is 1. The molecule has 3 rings (SSSR count). The second-order valence-corrected chi connectivity index (χ2v) is 7.04. The first-order valence-corrected chi connectivity index (χ1v) is 8.35. The number of methoxy groups -OCH3 is 1. The largest absolute Gasteiger partial charge is 0.494 e. The molecule has 8 nitrogen and oxygen atoms in total. The fourth-order valence-electron chi connectivity index (χ4n) is 1.97. The molecular formula is C15H18N6O2S. The highest BCUT2D eigenvalue weighted by Crippen LogP contribution is 2.27. The van der Waals surface area contributed by atoms with E-state index in [0.29, 0.717) is 28.4 Å². The lowest BCUT2D eigenvalue weighted by molar-refractivity contribution is 0.319. The van der Waals surface area contributed by atoms with Crippen molar-refractivity contribution in [3.63, 3.8) is 0 Å². The molecule has 9 heteroatoms. The monoisotopic (exact) mass is 346 g/mol. The molecule has 0 aliphatic heterocycles. The number of benzene rings is 1. The standard InChI is InChI=1S/C15H18N6O2S/c1-15(2,3)13-16-12(18-23-13)9-24-14-17-19-20-21(14)10-7-5-6-8-11(10)22-4/h5-8H,9H2,1-4H3. The zero-order valence-electron chi connectivity index (χ0n) is 13.9. The highest BCUT2D eigenvalue weighted by Gasteiger charge is 2.22. The molecule has 0 atom stereocenters. The van der Waals surface area contributed by atoms with Gasteiger partial charge in [-0.05, 0) is 22.6 Å². The maximum atomic E-state index is 5.36. The van der Waals surface area contributed by atoms with Crippen LogP contribution in [0.2, 0.25) is 0 Å². The van der Waals surface area contributed by atoms with Crippen LogP contribution in [0, 0.1) is 0 Å². The number of tetrazole rings is 1. The molecule has 0 radical (unpaired) electrons. The van der Waals surface area contributed by atoms with E-state index in [9.17, 15) is 0 Å². The molecular weight excluding hydrogens is 328 g/mol. The molecule has 1 aromatic carbocycles. The molecule has 0 unspecified atom stereocenters. The van der Waals surface area contributed by atoms with Crippen molar-refractivity contribution >= 4 is 11.8 Å². The van der Waals surface area contributed by atoms with E-state index in [1.165, 1.54) is 11.8 Å². The van der Waals surface area contributed by atoms with Crippen LogP contribution >= 0.6 is 11.8 Å². The van der Waals surface area contributed by atoms with Crippen LogP contribution in [0.25, 0.3) is 5.69 Å². The maximum Gasteiger partial charge on any atom is 0.232 e. The Morgan fingerprint density at radius 3 is 2.75 bits per heavy atom. The van der Waals surface area contributed by atoms with Crippen LogP contribution in [0.4, 0.5) is 0 Å². The molecule has 0 aliphatic rings. The van der Waals surface area contributed by atoms with Crippen molar-refractivity contribution in [3.8, 4) is 11.4 Å². The molecule has 2 heterocycles. The predicted molar refractivity (Wildman–Crippen MR) is 88.3 cm³/mol. The number of nitrogens with zero attached hydrogens (tertiary/aromatic N) is 6. The maximum absolute atomic E-state index is 5.36. The van der Waals surface area contributed by atoms with Gasteiger partial charge in [0.25, 0.3) is 0 Å². The van der Waals surface area contributed by atoms with E-state index in [1.807, 2.05) is 45.0 Å². The quantitative estimate of drug-likeness (QED) is 0.651. The second-order valence-electron chi connectivity index (χ2n) is 6.10. The van der Waals surface area contributed by atoms with Crippen molar-refractivity contribution < 1.29 is 9.26 Å². The average molecular weight is 346 g/mol. The molecule has 0 N–H and O–H groups in total. The van der Waals surface area contributed by atoms with E-state index >= 15 is 0 Å². The molecule has 24 heavy (non-hydrogen) atoms. The highest BCUT2D eigenvalue weighted by molar-refractivity contribution is 7.98. The summed E-state index contributed by atoms with van der Waals surface area (Å²) in [5.41, 5.74) is 0.602. The highest BCUT2D eigenvalue weighted by atomic mass is 32.2. The summed E-state index contributed by atoms with van der Waals surface area (Å²) in [5, 5.41) is 16.5. The molecule has 0 saturated carbocycles. The minimum Gasteiger partial charge on any atom is -0.494 e. The Morgan fingerprint density at radius 2 is 2.04 bits per heavy atom. The van der Waals surface area contributed by atoms with Crippen LogP contribution in [0.15, 0.2) is 33.9 Å². The van der Waals surface area contributed by atoms with Gasteiger partial charge < -0.3 is 9.26 Å². The molecule has 2 aromatic heterocycles. The van der Waals surface area contributed by atoms with Crippen LogP contribution in [-0.4, -0.2) is 37.5 Å². The number of hydrogen-bond acceptors (Lipinski definition) is 8. The van der Waals surface area contributed by atoms with Gasteiger partial charge in [-0.25, -0.2) is 0 Å². The third kappa shape index (κ3) is 3.40. The second kappa shape index (κ2) is 6.60. The molecule has 0 aliphatic carbocycles. The van der Waals surface area contributed by atoms with E-state index in [0.717, 1.165) is 5.69 Å². The van der Waals surface area contributed by atoms with Crippen molar-refractivity contribution in [2.45, 2.75) is 37.1 Å². The van der Waals surface area contributed by atoms with Crippen LogP contribution in [-0.2, 0) is 11.2 Å². The molecule has 0 fully saturated rings. The first-order chi connectivity index (χ1) is 11.5. The number of rotatable bonds is 5. The van der Waals surface area contributed by atoms with Gasteiger partial charge >= 0.3 is 0 Å². The van der Waals surface area contributed by atoms with Gasteiger partial charge in [-0.3, -0.25) is 0 Å². The van der Waals surface area contributed by atoms with Crippen molar-refractivity contribution in [1.82, 2.24) is 30.3 Å². The normalized spacial score (nSPS) is 11.7. The number of hydrogen-bond donors (Lipinski definition) is 0. The minimum absolute atomic E-state index is 0.172. The Morgan fingerprint density at radius 1 is 1.25 bits per heavy atom. The first kappa shape index (κ1) is 16.4. The third-order valence-corrected chi connectivity index (χ3v) is 4.11. The topological polar surface area (TPSA) is 91.8 Å². The van der Waals surface area contributed by atoms with Crippen LogP contribution in [0.1, 0.15) is 32.5 Å². The average Bonchev–Trinajstić information content (AvgIpc) is 3.21. The lowest BCUT2D eigenvalue weighted by Gasteiger charge is -2.10. The minimum atomic E-state index is -0.172. The lowest BCUT2D eigenvalue weighted by atomic mass is 9.97. The van der Waals surface area contributed by atoms with Gasteiger partial charge in [0.05, 0.1) is 12.9 Å². The van der Waals surface area contributed by atoms with Gasteiger partial charge in [0.1, 0.15) is 11.4 Å². The fourth-order valence-corrected chi connectivity index (χ4v) is 2.70. The third-order valence-electron chi connectivity index (χ3n) is 3.19. The van der Waals surface area contributed by atoms with Crippen molar-refractivity contribution in [2.75, 3.05) is 7.11 Å². The van der Waals surface area contributed by atoms with Gasteiger partial charge in [0.2, 0.25) is 11.0 Å². The number of ether oxygens (including phenoxy) is 1. The summed E-state index contributed by atoms with van der Waals surface area (Å²) in [4.78, 5) is 4.42.